The Hall–Kier alpha value is -2.01. The normalized spacial score (nSPS) is 20.1. The number of benzene rings is 1. The average Bonchev–Trinajstić information content (AvgIpc) is 3.35. The SMILES string of the molecule is Cn1ncc(C2CCC2)c1C(=O)N1CCN(C2CC2)c2cc(Cl)ccc21. The maximum absolute atomic E-state index is 13.5. The number of hydrogen-bond donors (Lipinski definition) is 0. The van der Waals surface area contributed by atoms with Gasteiger partial charge in [0, 0.05) is 36.8 Å². The van der Waals surface area contributed by atoms with Gasteiger partial charge < -0.3 is 9.80 Å². The minimum atomic E-state index is 0.0610. The molecule has 5 nitrogen and oxygen atoms in total. The Labute approximate surface area is 158 Å². The standard InChI is InChI=1S/C20H23ClN4O/c1-23-19(16(12-22-23)13-3-2-4-13)20(26)25-10-9-24(15-6-7-15)18-11-14(21)5-8-17(18)25/h5,8,11-13,15H,2-4,6-7,9-10H2,1H3. The molecule has 136 valence electrons. The molecule has 0 bridgehead atoms. The summed E-state index contributed by atoms with van der Waals surface area (Å²) < 4.78 is 1.75. The maximum Gasteiger partial charge on any atom is 0.276 e. The lowest BCUT2D eigenvalue weighted by Gasteiger charge is -2.38. The van der Waals surface area contributed by atoms with Crippen LogP contribution in [-0.4, -0.2) is 34.8 Å². The van der Waals surface area contributed by atoms with Crippen LogP contribution < -0.4 is 9.80 Å². The molecule has 0 saturated heterocycles. The molecular weight excluding hydrogens is 348 g/mol. The zero-order chi connectivity index (χ0) is 17.8. The predicted molar refractivity (Wildman–Crippen MR) is 103 cm³/mol. The van der Waals surface area contributed by atoms with Crippen molar-refractivity contribution in [1.29, 1.82) is 0 Å². The molecule has 26 heavy (non-hydrogen) atoms. The number of nitrogens with zero attached hydrogens (tertiary/aromatic N) is 4. The molecule has 1 aliphatic heterocycles. The minimum absolute atomic E-state index is 0.0610. The van der Waals surface area contributed by atoms with Crippen LogP contribution >= 0.6 is 11.6 Å². The number of halogens is 1. The second-order valence-corrected chi connectivity index (χ2v) is 8.15. The van der Waals surface area contributed by atoms with Gasteiger partial charge in [-0.3, -0.25) is 9.48 Å². The van der Waals surface area contributed by atoms with Crippen molar-refractivity contribution in [2.24, 2.45) is 7.05 Å². The largest absolute Gasteiger partial charge is 0.365 e. The molecule has 0 N–H and O–H groups in total. The average molecular weight is 371 g/mol. The number of aryl methyl sites for hydroxylation is 1. The quantitative estimate of drug-likeness (QED) is 0.820. The van der Waals surface area contributed by atoms with Crippen LogP contribution in [0.2, 0.25) is 5.02 Å². The van der Waals surface area contributed by atoms with Crippen LogP contribution in [0, 0.1) is 0 Å². The third kappa shape index (κ3) is 2.52. The highest BCUT2D eigenvalue weighted by Gasteiger charge is 2.37. The summed E-state index contributed by atoms with van der Waals surface area (Å²) in [6, 6.07) is 6.48. The molecule has 0 spiro atoms. The molecule has 5 rings (SSSR count). The van der Waals surface area contributed by atoms with Gasteiger partial charge in [0.15, 0.2) is 0 Å². The van der Waals surface area contributed by atoms with E-state index in [1.165, 1.54) is 19.3 Å². The third-order valence-electron chi connectivity index (χ3n) is 6.05. The Morgan fingerprint density at radius 1 is 1.15 bits per heavy atom. The van der Waals surface area contributed by atoms with Crippen molar-refractivity contribution in [2.45, 2.75) is 44.1 Å². The van der Waals surface area contributed by atoms with E-state index in [1.807, 2.05) is 36.3 Å². The van der Waals surface area contributed by atoms with Crippen molar-refractivity contribution < 1.29 is 4.79 Å². The Balaban J connectivity index is 1.53. The first-order valence-electron chi connectivity index (χ1n) is 9.53. The highest BCUT2D eigenvalue weighted by Crippen LogP contribution is 2.43. The van der Waals surface area contributed by atoms with Crippen molar-refractivity contribution >= 4 is 28.9 Å². The molecule has 6 heteroatoms. The molecule has 2 heterocycles. The predicted octanol–water partition coefficient (Wildman–Crippen LogP) is 3.97. The number of aromatic nitrogens is 2. The van der Waals surface area contributed by atoms with E-state index >= 15 is 0 Å². The first kappa shape index (κ1) is 16.2. The number of rotatable bonds is 3. The fraction of sp³-hybridized carbons (Fsp3) is 0.500. The van der Waals surface area contributed by atoms with Crippen LogP contribution in [0.4, 0.5) is 11.4 Å². The molecule has 0 atom stereocenters. The van der Waals surface area contributed by atoms with Crippen LogP contribution in [0.15, 0.2) is 24.4 Å². The number of carbonyl (C=O) groups excluding carboxylic acids is 1. The third-order valence-corrected chi connectivity index (χ3v) is 6.28. The van der Waals surface area contributed by atoms with E-state index in [9.17, 15) is 4.79 Å². The molecule has 2 saturated carbocycles. The smallest absolute Gasteiger partial charge is 0.276 e. The van der Waals surface area contributed by atoms with Crippen molar-refractivity contribution in [3.8, 4) is 0 Å². The first-order chi connectivity index (χ1) is 12.6. The van der Waals surface area contributed by atoms with Gasteiger partial charge in [0.2, 0.25) is 0 Å². The van der Waals surface area contributed by atoms with Crippen LogP contribution in [0.25, 0.3) is 0 Å². The summed E-state index contributed by atoms with van der Waals surface area (Å²) in [4.78, 5) is 17.8. The number of fused-ring (bicyclic) bond motifs is 1. The fourth-order valence-corrected chi connectivity index (χ4v) is 4.41. The molecule has 3 aliphatic rings. The van der Waals surface area contributed by atoms with E-state index in [-0.39, 0.29) is 5.91 Å². The summed E-state index contributed by atoms with van der Waals surface area (Å²) in [5, 5.41) is 5.12. The fourth-order valence-electron chi connectivity index (χ4n) is 4.24. The zero-order valence-electron chi connectivity index (χ0n) is 15.0. The van der Waals surface area contributed by atoms with Gasteiger partial charge in [0.25, 0.3) is 5.91 Å². The molecular formula is C20H23ClN4O. The lowest BCUT2D eigenvalue weighted by atomic mass is 9.80. The number of anilines is 2. The van der Waals surface area contributed by atoms with Crippen LogP contribution in [0.1, 0.15) is 54.1 Å². The van der Waals surface area contributed by atoms with Gasteiger partial charge in [-0.15, -0.1) is 0 Å². The second-order valence-electron chi connectivity index (χ2n) is 7.71. The Bertz CT molecular complexity index is 869. The van der Waals surface area contributed by atoms with Crippen LogP contribution in [0.3, 0.4) is 0 Å². The molecule has 1 aromatic heterocycles. The molecule has 1 aromatic carbocycles. The topological polar surface area (TPSA) is 41.4 Å². The molecule has 0 unspecified atom stereocenters. The summed E-state index contributed by atoms with van der Waals surface area (Å²) in [6.45, 7) is 1.57. The highest BCUT2D eigenvalue weighted by atomic mass is 35.5. The molecule has 1 amide bonds. The molecule has 2 aromatic rings. The number of hydrogen-bond acceptors (Lipinski definition) is 3. The zero-order valence-corrected chi connectivity index (χ0v) is 15.7. The van der Waals surface area contributed by atoms with E-state index in [0.717, 1.165) is 47.0 Å². The lowest BCUT2D eigenvalue weighted by Crippen LogP contribution is -2.45. The molecule has 2 fully saturated rings. The number of carbonyl (C=O) groups is 1. The molecule has 0 radical (unpaired) electrons. The summed E-state index contributed by atoms with van der Waals surface area (Å²) in [5.74, 6) is 0.547. The van der Waals surface area contributed by atoms with Crippen molar-refractivity contribution in [3.63, 3.8) is 0 Å². The minimum Gasteiger partial charge on any atom is -0.365 e. The van der Waals surface area contributed by atoms with E-state index in [2.05, 4.69) is 10.00 Å². The maximum atomic E-state index is 13.5. The highest BCUT2D eigenvalue weighted by molar-refractivity contribution is 6.31. The number of amides is 1. The summed E-state index contributed by atoms with van der Waals surface area (Å²) >= 11 is 6.27. The van der Waals surface area contributed by atoms with E-state index in [1.54, 1.807) is 4.68 Å². The van der Waals surface area contributed by atoms with Gasteiger partial charge in [-0.25, -0.2) is 0 Å². The van der Waals surface area contributed by atoms with Gasteiger partial charge >= 0.3 is 0 Å². The Kier molecular flexibility index (Phi) is 3.74. The van der Waals surface area contributed by atoms with Crippen LogP contribution in [0.5, 0.6) is 0 Å². The first-order valence-corrected chi connectivity index (χ1v) is 9.91. The van der Waals surface area contributed by atoms with Crippen molar-refractivity contribution in [1.82, 2.24) is 9.78 Å². The van der Waals surface area contributed by atoms with Gasteiger partial charge in [0.1, 0.15) is 5.69 Å². The second kappa shape index (κ2) is 6.02. The van der Waals surface area contributed by atoms with Crippen LogP contribution in [-0.2, 0) is 7.05 Å². The Morgan fingerprint density at radius 3 is 2.65 bits per heavy atom. The van der Waals surface area contributed by atoms with Gasteiger partial charge in [-0.2, -0.15) is 5.10 Å². The van der Waals surface area contributed by atoms with E-state index < -0.39 is 0 Å². The Morgan fingerprint density at radius 2 is 1.96 bits per heavy atom. The summed E-state index contributed by atoms with van der Waals surface area (Å²) in [5.41, 5.74) is 3.92. The lowest BCUT2D eigenvalue weighted by molar-refractivity contribution is 0.0975. The molecule has 2 aliphatic carbocycles. The summed E-state index contributed by atoms with van der Waals surface area (Å²) in [6.07, 6.45) is 7.91. The van der Waals surface area contributed by atoms with Gasteiger partial charge in [-0.1, -0.05) is 18.0 Å². The van der Waals surface area contributed by atoms with Crippen molar-refractivity contribution in [3.05, 3.63) is 40.7 Å². The van der Waals surface area contributed by atoms with Gasteiger partial charge in [0.05, 0.1) is 17.6 Å². The van der Waals surface area contributed by atoms with E-state index in [0.29, 0.717) is 18.5 Å². The van der Waals surface area contributed by atoms with Crippen molar-refractivity contribution in [2.75, 3.05) is 22.9 Å². The summed E-state index contributed by atoms with van der Waals surface area (Å²) in [7, 11) is 1.87. The van der Waals surface area contributed by atoms with E-state index in [4.69, 9.17) is 11.6 Å². The monoisotopic (exact) mass is 370 g/mol. The van der Waals surface area contributed by atoms with Gasteiger partial charge in [-0.05, 0) is 49.8 Å².